The summed E-state index contributed by atoms with van der Waals surface area (Å²) in [5, 5.41) is 10.8. The first-order valence-corrected chi connectivity index (χ1v) is 9.42. The third-order valence-electron chi connectivity index (χ3n) is 5.27. The molecule has 1 heterocycles. The van der Waals surface area contributed by atoms with Gasteiger partial charge in [-0.2, -0.15) is 0 Å². The molecule has 0 spiro atoms. The molecule has 1 aliphatic rings. The highest BCUT2D eigenvalue weighted by molar-refractivity contribution is 5.96. The molecule has 2 aromatic carbocycles. The van der Waals surface area contributed by atoms with Crippen molar-refractivity contribution in [3.05, 3.63) is 71.3 Å². The maximum atomic E-state index is 13.6. The van der Waals surface area contributed by atoms with Crippen LogP contribution >= 0.6 is 0 Å². The van der Waals surface area contributed by atoms with Crippen LogP contribution in [0.1, 0.15) is 41.6 Å². The molecule has 3 rings (SSSR count). The van der Waals surface area contributed by atoms with E-state index < -0.39 is 17.2 Å². The van der Waals surface area contributed by atoms with Gasteiger partial charge in [0.2, 0.25) is 0 Å². The monoisotopic (exact) mass is 373 g/mol. The first-order chi connectivity index (χ1) is 13.0. The summed E-state index contributed by atoms with van der Waals surface area (Å²) in [5.74, 6) is -1.78. The summed E-state index contributed by atoms with van der Waals surface area (Å²) in [6.45, 7) is 2.29. The average molecular weight is 373 g/mol. The molecule has 0 unspecified atom stereocenters. The average Bonchev–Trinajstić information content (AvgIpc) is 2.64. The van der Waals surface area contributed by atoms with Gasteiger partial charge in [-0.3, -0.25) is 4.79 Å². The maximum absolute atomic E-state index is 13.6. The van der Waals surface area contributed by atoms with Crippen LogP contribution in [0, 0.1) is 11.6 Å². The number of halogens is 2. The van der Waals surface area contributed by atoms with E-state index in [-0.39, 0.29) is 17.8 Å². The van der Waals surface area contributed by atoms with Crippen LogP contribution in [0.3, 0.4) is 0 Å². The number of hydrogen-bond acceptors (Lipinski definition) is 3. The molecule has 1 fully saturated rings. The Kier molecular flexibility index (Phi) is 6.34. The van der Waals surface area contributed by atoms with Crippen molar-refractivity contribution in [2.75, 3.05) is 19.6 Å². The number of hydrogen-bond donors (Lipinski definition) is 1. The number of ketones is 1. The molecule has 1 saturated heterocycles. The molecule has 2 aromatic rings. The minimum atomic E-state index is -0.802. The van der Waals surface area contributed by atoms with Crippen molar-refractivity contribution in [3.8, 4) is 0 Å². The van der Waals surface area contributed by atoms with Crippen LogP contribution in [0.5, 0.6) is 0 Å². The molecular formula is C22H25F2NO2. The number of piperidine rings is 1. The SMILES string of the molecule is O=C(CCCN1CCC(O)(Cc2ccccc2)CC1)c1ccc(F)cc1F. The topological polar surface area (TPSA) is 40.5 Å². The summed E-state index contributed by atoms with van der Waals surface area (Å²) in [7, 11) is 0. The van der Waals surface area contributed by atoms with E-state index in [0.717, 1.165) is 37.3 Å². The van der Waals surface area contributed by atoms with Crippen LogP contribution in [0.25, 0.3) is 0 Å². The molecular weight excluding hydrogens is 348 g/mol. The molecule has 27 heavy (non-hydrogen) atoms. The van der Waals surface area contributed by atoms with Crippen molar-refractivity contribution in [1.82, 2.24) is 4.90 Å². The largest absolute Gasteiger partial charge is 0.389 e. The van der Waals surface area contributed by atoms with Crippen LogP contribution in [-0.4, -0.2) is 41.0 Å². The first kappa shape index (κ1) is 19.6. The second kappa shape index (κ2) is 8.72. The first-order valence-electron chi connectivity index (χ1n) is 9.42. The summed E-state index contributed by atoms with van der Waals surface area (Å²) in [6.07, 6.45) is 2.90. The fraction of sp³-hybridized carbons (Fsp3) is 0.409. The summed E-state index contributed by atoms with van der Waals surface area (Å²) < 4.78 is 26.6. The van der Waals surface area contributed by atoms with Crippen molar-refractivity contribution in [2.24, 2.45) is 0 Å². The number of likely N-dealkylation sites (tertiary alicyclic amines) is 1. The quantitative estimate of drug-likeness (QED) is 0.746. The summed E-state index contributed by atoms with van der Waals surface area (Å²) in [5.41, 5.74) is 0.415. The standard InChI is InChI=1S/C22H25F2NO2/c23-18-8-9-19(20(24)15-18)21(26)7-4-12-25-13-10-22(27,11-14-25)16-17-5-2-1-3-6-17/h1-3,5-6,8-9,15,27H,4,7,10-14,16H2. The summed E-state index contributed by atoms with van der Waals surface area (Å²) in [4.78, 5) is 14.3. The second-order valence-electron chi connectivity index (χ2n) is 7.38. The van der Waals surface area contributed by atoms with Gasteiger partial charge in [0.25, 0.3) is 0 Å². The number of rotatable bonds is 7. The molecule has 0 atom stereocenters. The highest BCUT2D eigenvalue weighted by atomic mass is 19.1. The van der Waals surface area contributed by atoms with E-state index in [1.54, 1.807) is 0 Å². The van der Waals surface area contributed by atoms with E-state index in [1.807, 2.05) is 30.3 Å². The van der Waals surface area contributed by atoms with Crippen LogP contribution in [0.15, 0.2) is 48.5 Å². The van der Waals surface area contributed by atoms with Gasteiger partial charge in [0.1, 0.15) is 11.6 Å². The predicted octanol–water partition coefficient (Wildman–Crippen LogP) is 4.00. The molecule has 0 bridgehead atoms. The van der Waals surface area contributed by atoms with Crippen molar-refractivity contribution >= 4 is 5.78 Å². The van der Waals surface area contributed by atoms with E-state index in [4.69, 9.17) is 0 Å². The van der Waals surface area contributed by atoms with Gasteiger partial charge in [0, 0.05) is 32.0 Å². The lowest BCUT2D eigenvalue weighted by Crippen LogP contribution is -2.45. The van der Waals surface area contributed by atoms with E-state index in [1.165, 1.54) is 6.07 Å². The number of benzene rings is 2. The van der Waals surface area contributed by atoms with E-state index in [0.29, 0.717) is 25.7 Å². The Bertz CT molecular complexity index is 771. The lowest BCUT2D eigenvalue weighted by molar-refractivity contribution is -0.0207. The Balaban J connectivity index is 1.42. The van der Waals surface area contributed by atoms with Crippen molar-refractivity contribution in [3.63, 3.8) is 0 Å². The molecule has 0 aromatic heterocycles. The minimum Gasteiger partial charge on any atom is -0.389 e. The van der Waals surface area contributed by atoms with Gasteiger partial charge in [-0.15, -0.1) is 0 Å². The zero-order valence-corrected chi connectivity index (χ0v) is 15.3. The molecule has 0 amide bonds. The van der Waals surface area contributed by atoms with Gasteiger partial charge in [0.15, 0.2) is 5.78 Å². The Morgan fingerprint density at radius 2 is 1.78 bits per heavy atom. The van der Waals surface area contributed by atoms with Crippen LogP contribution < -0.4 is 0 Å². The van der Waals surface area contributed by atoms with E-state index in [2.05, 4.69) is 4.90 Å². The van der Waals surface area contributed by atoms with Crippen LogP contribution in [0.4, 0.5) is 8.78 Å². The molecule has 3 nitrogen and oxygen atoms in total. The molecule has 1 N–H and O–H groups in total. The van der Waals surface area contributed by atoms with Gasteiger partial charge < -0.3 is 10.0 Å². The fourth-order valence-electron chi connectivity index (χ4n) is 3.66. The number of aliphatic hydroxyl groups is 1. The lowest BCUT2D eigenvalue weighted by atomic mass is 9.85. The van der Waals surface area contributed by atoms with Crippen LogP contribution in [0.2, 0.25) is 0 Å². The molecule has 1 aliphatic heterocycles. The normalized spacial score (nSPS) is 17.0. The van der Waals surface area contributed by atoms with Gasteiger partial charge >= 0.3 is 0 Å². The number of carbonyl (C=O) groups is 1. The highest BCUT2D eigenvalue weighted by Gasteiger charge is 2.32. The van der Waals surface area contributed by atoms with E-state index in [9.17, 15) is 18.7 Å². The third-order valence-corrected chi connectivity index (χ3v) is 5.27. The minimum absolute atomic E-state index is 0.0488. The molecule has 0 aliphatic carbocycles. The zero-order valence-electron chi connectivity index (χ0n) is 15.3. The van der Waals surface area contributed by atoms with Gasteiger partial charge in [-0.25, -0.2) is 8.78 Å². The number of carbonyl (C=O) groups excluding carboxylic acids is 1. The molecule has 0 saturated carbocycles. The number of nitrogens with zero attached hydrogens (tertiary/aromatic N) is 1. The van der Waals surface area contributed by atoms with Crippen molar-refractivity contribution in [1.29, 1.82) is 0 Å². The van der Waals surface area contributed by atoms with Gasteiger partial charge in [-0.1, -0.05) is 30.3 Å². The Labute approximate surface area is 158 Å². The molecule has 144 valence electrons. The Morgan fingerprint density at radius 3 is 2.44 bits per heavy atom. The molecule has 0 radical (unpaired) electrons. The lowest BCUT2D eigenvalue weighted by Gasteiger charge is -2.38. The van der Waals surface area contributed by atoms with Gasteiger partial charge in [0.05, 0.1) is 11.2 Å². The number of Topliss-reactive ketones (excluding diaryl/α,β-unsaturated/α-hetero) is 1. The smallest absolute Gasteiger partial charge is 0.165 e. The fourth-order valence-corrected chi connectivity index (χ4v) is 3.66. The summed E-state index contributed by atoms with van der Waals surface area (Å²) in [6, 6.07) is 13.0. The third kappa shape index (κ3) is 5.44. The predicted molar refractivity (Wildman–Crippen MR) is 101 cm³/mol. The molecule has 5 heteroatoms. The van der Waals surface area contributed by atoms with Crippen molar-refractivity contribution in [2.45, 2.75) is 37.7 Å². The second-order valence-corrected chi connectivity index (χ2v) is 7.38. The van der Waals surface area contributed by atoms with Crippen LogP contribution in [-0.2, 0) is 6.42 Å². The summed E-state index contributed by atoms with van der Waals surface area (Å²) >= 11 is 0. The van der Waals surface area contributed by atoms with Gasteiger partial charge in [-0.05, 0) is 43.5 Å². The zero-order chi connectivity index (χ0) is 19.3. The Morgan fingerprint density at radius 1 is 1.07 bits per heavy atom. The Hall–Kier alpha value is -2.11. The van der Waals surface area contributed by atoms with Crippen molar-refractivity contribution < 1.29 is 18.7 Å². The highest BCUT2D eigenvalue weighted by Crippen LogP contribution is 2.26. The van der Waals surface area contributed by atoms with E-state index >= 15 is 0 Å². The maximum Gasteiger partial charge on any atom is 0.165 e.